The Hall–Kier alpha value is -1.03. The number of phenols is 1. The predicted molar refractivity (Wildman–Crippen MR) is 81.7 cm³/mol. The van der Waals surface area contributed by atoms with E-state index in [1.165, 1.54) is 6.26 Å². The summed E-state index contributed by atoms with van der Waals surface area (Å²) >= 11 is 0. The van der Waals surface area contributed by atoms with Crippen LogP contribution in [0.2, 0.25) is 0 Å². The zero-order valence-corrected chi connectivity index (χ0v) is 13.3. The molecule has 0 amide bonds. The molecule has 4 heteroatoms. The van der Waals surface area contributed by atoms with Gasteiger partial charge in [0, 0.05) is 11.8 Å². The minimum absolute atomic E-state index is 0.174. The normalized spacial score (nSPS) is 17.4. The van der Waals surface area contributed by atoms with Crippen molar-refractivity contribution in [2.75, 3.05) is 6.26 Å². The third-order valence-corrected chi connectivity index (χ3v) is 5.90. The number of para-hydroxylation sites is 1. The first-order valence-corrected chi connectivity index (χ1v) is 9.36. The van der Waals surface area contributed by atoms with E-state index in [-0.39, 0.29) is 17.6 Å². The van der Waals surface area contributed by atoms with Gasteiger partial charge >= 0.3 is 0 Å². The highest BCUT2D eigenvalue weighted by atomic mass is 32.2. The lowest BCUT2D eigenvalue weighted by molar-refractivity contribution is 0.446. The van der Waals surface area contributed by atoms with E-state index in [1.54, 1.807) is 6.07 Å². The average Bonchev–Trinajstić information content (AvgIpc) is 3.18. The fourth-order valence-electron chi connectivity index (χ4n) is 3.10. The Bertz CT molecular complexity index is 569. The minimum Gasteiger partial charge on any atom is -0.507 e. The number of rotatable bonds is 6. The third-order valence-electron chi connectivity index (χ3n) is 4.34. The van der Waals surface area contributed by atoms with Crippen LogP contribution in [0.3, 0.4) is 0 Å². The second kappa shape index (κ2) is 5.76. The van der Waals surface area contributed by atoms with Crippen molar-refractivity contribution in [1.82, 2.24) is 0 Å². The van der Waals surface area contributed by atoms with E-state index in [9.17, 15) is 13.5 Å². The molecule has 20 heavy (non-hydrogen) atoms. The summed E-state index contributed by atoms with van der Waals surface area (Å²) in [5.74, 6) is 0.658. The van der Waals surface area contributed by atoms with Crippen molar-refractivity contribution in [3.63, 3.8) is 0 Å². The highest BCUT2D eigenvalue weighted by Gasteiger charge is 2.40. The molecule has 1 aromatic carbocycles. The molecule has 3 nitrogen and oxygen atoms in total. The maximum atomic E-state index is 12.1. The van der Waals surface area contributed by atoms with E-state index >= 15 is 0 Å². The second-order valence-electron chi connectivity index (χ2n) is 5.89. The second-order valence-corrected chi connectivity index (χ2v) is 8.05. The van der Waals surface area contributed by atoms with Crippen LogP contribution in [-0.4, -0.2) is 19.8 Å². The summed E-state index contributed by atoms with van der Waals surface area (Å²) in [5.41, 5.74) is 1.49. The quantitative estimate of drug-likeness (QED) is 0.869. The van der Waals surface area contributed by atoms with Crippen LogP contribution in [0.4, 0.5) is 0 Å². The first-order chi connectivity index (χ1) is 9.40. The molecular formula is C16H24O3S. The number of benzene rings is 1. The molecule has 0 aromatic heterocycles. The molecule has 1 atom stereocenters. The van der Waals surface area contributed by atoms with Gasteiger partial charge in [0.05, 0.1) is 5.25 Å². The molecule has 1 aromatic rings. The van der Waals surface area contributed by atoms with E-state index in [0.717, 1.165) is 31.2 Å². The highest BCUT2D eigenvalue weighted by molar-refractivity contribution is 7.91. The fourth-order valence-corrected chi connectivity index (χ4v) is 4.72. The van der Waals surface area contributed by atoms with E-state index in [0.29, 0.717) is 5.56 Å². The highest BCUT2D eigenvalue weighted by Crippen LogP contribution is 2.49. The number of sulfone groups is 1. The van der Waals surface area contributed by atoms with Crippen LogP contribution in [0.15, 0.2) is 18.2 Å². The molecule has 112 valence electrons. The Balaban J connectivity index is 2.49. The van der Waals surface area contributed by atoms with Gasteiger partial charge in [-0.25, -0.2) is 8.42 Å². The van der Waals surface area contributed by atoms with Gasteiger partial charge < -0.3 is 5.11 Å². The van der Waals surface area contributed by atoms with Gasteiger partial charge in [-0.1, -0.05) is 32.0 Å². The lowest BCUT2D eigenvalue weighted by atomic mass is 9.90. The van der Waals surface area contributed by atoms with E-state index in [1.807, 2.05) is 12.1 Å². The van der Waals surface area contributed by atoms with Gasteiger partial charge in [-0.05, 0) is 43.1 Å². The number of hydrogen-bond donors (Lipinski definition) is 1. The van der Waals surface area contributed by atoms with Crippen LogP contribution in [0.1, 0.15) is 61.8 Å². The van der Waals surface area contributed by atoms with Gasteiger partial charge in [-0.3, -0.25) is 0 Å². The lowest BCUT2D eigenvalue weighted by Gasteiger charge is -2.21. The predicted octanol–water partition coefficient (Wildman–Crippen LogP) is 3.79. The van der Waals surface area contributed by atoms with Crippen LogP contribution < -0.4 is 0 Å². The number of phenolic OH excluding ortho intramolecular Hbond substituents is 1. The van der Waals surface area contributed by atoms with Gasteiger partial charge in [0.2, 0.25) is 0 Å². The smallest absolute Gasteiger partial charge is 0.154 e. The number of aromatic hydroxyl groups is 1. The summed E-state index contributed by atoms with van der Waals surface area (Å²) in [5, 5.41) is 10.0. The summed E-state index contributed by atoms with van der Waals surface area (Å²) in [7, 11) is -3.19. The fraction of sp³-hybridized carbons (Fsp3) is 0.625. The van der Waals surface area contributed by atoms with Crippen LogP contribution in [0.25, 0.3) is 0 Å². The maximum absolute atomic E-state index is 12.1. The zero-order chi connectivity index (χ0) is 14.9. The molecule has 1 aliphatic rings. The Labute approximate surface area is 121 Å². The van der Waals surface area contributed by atoms with E-state index in [2.05, 4.69) is 13.8 Å². The van der Waals surface area contributed by atoms with Crippen molar-refractivity contribution in [3.8, 4) is 5.75 Å². The van der Waals surface area contributed by atoms with Gasteiger partial charge in [-0.2, -0.15) is 0 Å². The molecule has 1 N–H and O–H groups in total. The molecule has 2 rings (SSSR count). The molecule has 0 radical (unpaired) electrons. The standard InChI is InChI=1S/C16H24O3S/c1-4-11(5-2)13-7-6-8-14(15(13)17)16(12-9-10-12)20(3,18)19/h6-8,11-12,16-17H,4-5,9-10H2,1-3H3. The van der Waals surface area contributed by atoms with Crippen LogP contribution in [0, 0.1) is 5.92 Å². The Morgan fingerprint density at radius 1 is 1.20 bits per heavy atom. The lowest BCUT2D eigenvalue weighted by Crippen LogP contribution is -2.14. The van der Waals surface area contributed by atoms with Gasteiger partial charge in [-0.15, -0.1) is 0 Å². The first kappa shape index (κ1) is 15.4. The van der Waals surface area contributed by atoms with Crippen molar-refractivity contribution in [2.45, 2.75) is 50.7 Å². The summed E-state index contributed by atoms with van der Waals surface area (Å²) in [6, 6.07) is 5.57. The van der Waals surface area contributed by atoms with Crippen molar-refractivity contribution >= 4 is 9.84 Å². The van der Waals surface area contributed by atoms with E-state index < -0.39 is 15.1 Å². The van der Waals surface area contributed by atoms with Crippen molar-refractivity contribution in [2.24, 2.45) is 5.92 Å². The first-order valence-electron chi connectivity index (χ1n) is 7.40. The Morgan fingerprint density at radius 2 is 1.75 bits per heavy atom. The van der Waals surface area contributed by atoms with Crippen molar-refractivity contribution in [3.05, 3.63) is 29.3 Å². The average molecular weight is 296 g/mol. The summed E-state index contributed by atoms with van der Waals surface area (Å²) in [6.07, 6.45) is 5.04. The topological polar surface area (TPSA) is 54.4 Å². The maximum Gasteiger partial charge on any atom is 0.154 e. The van der Waals surface area contributed by atoms with Crippen LogP contribution >= 0.6 is 0 Å². The Kier molecular flexibility index (Phi) is 4.43. The van der Waals surface area contributed by atoms with Gasteiger partial charge in [0.1, 0.15) is 5.75 Å². The van der Waals surface area contributed by atoms with Crippen LogP contribution in [0.5, 0.6) is 5.75 Å². The molecule has 1 aliphatic carbocycles. The molecule has 0 heterocycles. The zero-order valence-electron chi connectivity index (χ0n) is 12.5. The molecule has 1 fully saturated rings. The molecule has 0 spiro atoms. The summed E-state index contributed by atoms with van der Waals surface area (Å²) in [4.78, 5) is 0. The number of hydrogen-bond acceptors (Lipinski definition) is 3. The third kappa shape index (κ3) is 3.00. The van der Waals surface area contributed by atoms with Crippen molar-refractivity contribution < 1.29 is 13.5 Å². The van der Waals surface area contributed by atoms with Crippen molar-refractivity contribution in [1.29, 1.82) is 0 Å². The van der Waals surface area contributed by atoms with E-state index in [4.69, 9.17) is 0 Å². The monoisotopic (exact) mass is 296 g/mol. The molecule has 0 aliphatic heterocycles. The SMILES string of the molecule is CCC(CC)c1cccc(C(C2CC2)S(C)(=O)=O)c1O. The van der Waals surface area contributed by atoms with Gasteiger partial charge in [0.25, 0.3) is 0 Å². The minimum atomic E-state index is -3.19. The summed E-state index contributed by atoms with van der Waals surface area (Å²) in [6.45, 7) is 4.18. The largest absolute Gasteiger partial charge is 0.507 e. The van der Waals surface area contributed by atoms with Crippen LogP contribution in [-0.2, 0) is 9.84 Å². The molecule has 0 saturated heterocycles. The molecule has 1 unspecified atom stereocenters. The Morgan fingerprint density at radius 3 is 2.20 bits per heavy atom. The summed E-state index contributed by atoms with van der Waals surface area (Å²) < 4.78 is 24.1. The molecular weight excluding hydrogens is 272 g/mol. The molecule has 1 saturated carbocycles. The van der Waals surface area contributed by atoms with Gasteiger partial charge in [0.15, 0.2) is 9.84 Å². The molecule has 0 bridgehead atoms.